The van der Waals surface area contributed by atoms with Gasteiger partial charge in [0.25, 0.3) is 0 Å². The van der Waals surface area contributed by atoms with Gasteiger partial charge < -0.3 is 10.1 Å². The Bertz CT molecular complexity index is 485. The maximum Gasteiger partial charge on any atom is 0.170 e. The molecule has 0 saturated heterocycles. The van der Waals surface area contributed by atoms with E-state index in [1.54, 1.807) is 4.68 Å². The highest BCUT2D eigenvalue weighted by Gasteiger charge is 2.08. The molecule has 0 aliphatic heterocycles. The molecule has 0 radical (unpaired) electrons. The second-order valence-corrected chi connectivity index (χ2v) is 4.24. The number of aromatic nitrogens is 4. The monoisotopic (exact) mass is 261 g/mol. The summed E-state index contributed by atoms with van der Waals surface area (Å²) in [5.41, 5.74) is 0.960. The quantitative estimate of drug-likeness (QED) is 0.810. The number of hydrogen-bond acceptors (Lipinski definition) is 5. The standard InChI is InChI=1S/C13H19N5O/c1-3-19-11(2)9-14-10-13-15-16-17-18(13)12-7-5-4-6-8-12/h4-8,11,14H,3,9-10H2,1-2H3. The summed E-state index contributed by atoms with van der Waals surface area (Å²) in [5.74, 6) is 0.787. The zero-order chi connectivity index (χ0) is 13.5. The molecule has 6 nitrogen and oxygen atoms in total. The van der Waals surface area contributed by atoms with Crippen LogP contribution in [-0.4, -0.2) is 39.5 Å². The van der Waals surface area contributed by atoms with Gasteiger partial charge in [0.1, 0.15) is 0 Å². The van der Waals surface area contributed by atoms with Crippen LogP contribution in [0.4, 0.5) is 0 Å². The zero-order valence-electron chi connectivity index (χ0n) is 11.3. The van der Waals surface area contributed by atoms with Crippen LogP contribution in [0.1, 0.15) is 19.7 Å². The molecule has 102 valence electrons. The molecule has 0 amide bonds. The van der Waals surface area contributed by atoms with Crippen LogP contribution in [0, 0.1) is 0 Å². The van der Waals surface area contributed by atoms with E-state index in [1.807, 2.05) is 44.2 Å². The van der Waals surface area contributed by atoms with Crippen molar-refractivity contribution in [2.45, 2.75) is 26.5 Å². The molecule has 1 heterocycles. The van der Waals surface area contributed by atoms with Crippen molar-refractivity contribution in [2.75, 3.05) is 13.2 Å². The lowest BCUT2D eigenvalue weighted by Crippen LogP contribution is -2.27. The molecule has 2 aromatic rings. The third kappa shape index (κ3) is 3.84. The second-order valence-electron chi connectivity index (χ2n) is 4.24. The second kappa shape index (κ2) is 6.96. The molecule has 1 N–H and O–H groups in total. The number of ether oxygens (including phenoxy) is 1. The normalized spacial score (nSPS) is 12.5. The highest BCUT2D eigenvalue weighted by atomic mass is 16.5. The first kappa shape index (κ1) is 13.6. The number of hydrogen-bond donors (Lipinski definition) is 1. The number of tetrazole rings is 1. The van der Waals surface area contributed by atoms with Gasteiger partial charge in [-0.15, -0.1) is 5.10 Å². The molecule has 0 bridgehead atoms. The highest BCUT2D eigenvalue weighted by Crippen LogP contribution is 2.06. The number of nitrogens with one attached hydrogen (secondary N) is 1. The molecule has 0 aliphatic carbocycles. The summed E-state index contributed by atoms with van der Waals surface area (Å²) in [4.78, 5) is 0. The van der Waals surface area contributed by atoms with Crippen molar-refractivity contribution in [1.29, 1.82) is 0 Å². The first-order valence-corrected chi connectivity index (χ1v) is 6.46. The van der Waals surface area contributed by atoms with Gasteiger partial charge in [0, 0.05) is 13.2 Å². The van der Waals surface area contributed by atoms with E-state index in [0.717, 1.165) is 24.7 Å². The van der Waals surface area contributed by atoms with Gasteiger partial charge in [-0.25, -0.2) is 0 Å². The summed E-state index contributed by atoms with van der Waals surface area (Å²) < 4.78 is 7.19. The van der Waals surface area contributed by atoms with E-state index in [0.29, 0.717) is 6.54 Å². The van der Waals surface area contributed by atoms with E-state index < -0.39 is 0 Å². The molecule has 0 saturated carbocycles. The molecule has 0 spiro atoms. The number of benzene rings is 1. The van der Waals surface area contributed by atoms with E-state index >= 15 is 0 Å². The Morgan fingerprint density at radius 1 is 1.32 bits per heavy atom. The molecule has 1 aromatic carbocycles. The number of para-hydroxylation sites is 1. The molecule has 2 rings (SSSR count). The zero-order valence-corrected chi connectivity index (χ0v) is 11.3. The van der Waals surface area contributed by atoms with Gasteiger partial charge in [-0.05, 0) is 36.4 Å². The molecule has 19 heavy (non-hydrogen) atoms. The van der Waals surface area contributed by atoms with Crippen molar-refractivity contribution >= 4 is 0 Å². The van der Waals surface area contributed by atoms with Crippen molar-refractivity contribution in [1.82, 2.24) is 25.5 Å². The smallest absolute Gasteiger partial charge is 0.170 e. The summed E-state index contributed by atoms with van der Waals surface area (Å²) in [5, 5.41) is 15.1. The van der Waals surface area contributed by atoms with Crippen LogP contribution in [0.25, 0.3) is 5.69 Å². The summed E-state index contributed by atoms with van der Waals surface area (Å²) in [6.45, 7) is 6.14. The average molecular weight is 261 g/mol. The maximum absolute atomic E-state index is 5.46. The van der Waals surface area contributed by atoms with E-state index in [9.17, 15) is 0 Å². The predicted molar refractivity (Wildman–Crippen MR) is 71.9 cm³/mol. The molecule has 0 aliphatic rings. The van der Waals surface area contributed by atoms with Crippen molar-refractivity contribution in [2.24, 2.45) is 0 Å². The van der Waals surface area contributed by atoms with Gasteiger partial charge in [-0.1, -0.05) is 18.2 Å². The molecule has 1 unspecified atom stereocenters. The molecule has 1 atom stereocenters. The fraction of sp³-hybridized carbons (Fsp3) is 0.462. The first-order valence-electron chi connectivity index (χ1n) is 6.46. The largest absolute Gasteiger partial charge is 0.377 e. The van der Waals surface area contributed by atoms with Crippen molar-refractivity contribution in [3.05, 3.63) is 36.2 Å². The van der Waals surface area contributed by atoms with Gasteiger partial charge in [0.2, 0.25) is 0 Å². The van der Waals surface area contributed by atoms with Gasteiger partial charge in [-0.2, -0.15) is 4.68 Å². The molecular weight excluding hydrogens is 242 g/mol. The Kier molecular flexibility index (Phi) is 5.00. The minimum atomic E-state index is 0.186. The van der Waals surface area contributed by atoms with E-state index in [-0.39, 0.29) is 6.10 Å². The fourth-order valence-electron chi connectivity index (χ4n) is 1.82. The van der Waals surface area contributed by atoms with Crippen LogP contribution in [-0.2, 0) is 11.3 Å². The summed E-state index contributed by atoms with van der Waals surface area (Å²) in [6, 6.07) is 9.84. The van der Waals surface area contributed by atoms with Crippen molar-refractivity contribution < 1.29 is 4.74 Å². The molecule has 1 aromatic heterocycles. The summed E-state index contributed by atoms with van der Waals surface area (Å²) >= 11 is 0. The maximum atomic E-state index is 5.46. The van der Waals surface area contributed by atoms with Gasteiger partial charge in [0.15, 0.2) is 5.82 Å². The van der Waals surface area contributed by atoms with Crippen LogP contribution < -0.4 is 5.32 Å². The Labute approximate surface area is 112 Å². The molecular formula is C13H19N5O. The first-order chi connectivity index (χ1) is 9.31. The van der Waals surface area contributed by atoms with Gasteiger partial charge >= 0.3 is 0 Å². The third-order valence-electron chi connectivity index (χ3n) is 2.70. The third-order valence-corrected chi connectivity index (χ3v) is 2.70. The molecule has 0 fully saturated rings. The average Bonchev–Trinajstić information content (AvgIpc) is 2.88. The van der Waals surface area contributed by atoms with Crippen LogP contribution in [0.15, 0.2) is 30.3 Å². The topological polar surface area (TPSA) is 64.9 Å². The van der Waals surface area contributed by atoms with Crippen molar-refractivity contribution in [3.8, 4) is 5.69 Å². The Morgan fingerprint density at radius 3 is 2.84 bits per heavy atom. The number of rotatable bonds is 7. The van der Waals surface area contributed by atoms with Crippen LogP contribution in [0.2, 0.25) is 0 Å². The van der Waals surface area contributed by atoms with E-state index in [2.05, 4.69) is 20.8 Å². The lowest BCUT2D eigenvalue weighted by molar-refractivity contribution is 0.0758. The number of nitrogens with zero attached hydrogens (tertiary/aromatic N) is 4. The lowest BCUT2D eigenvalue weighted by Gasteiger charge is -2.12. The van der Waals surface area contributed by atoms with Crippen LogP contribution in [0.5, 0.6) is 0 Å². The van der Waals surface area contributed by atoms with Gasteiger partial charge in [-0.3, -0.25) is 0 Å². The van der Waals surface area contributed by atoms with Crippen LogP contribution in [0.3, 0.4) is 0 Å². The Balaban J connectivity index is 1.94. The van der Waals surface area contributed by atoms with E-state index in [1.165, 1.54) is 0 Å². The molecule has 6 heteroatoms. The van der Waals surface area contributed by atoms with E-state index in [4.69, 9.17) is 4.74 Å². The Hall–Kier alpha value is -1.79. The van der Waals surface area contributed by atoms with Crippen LogP contribution >= 0.6 is 0 Å². The predicted octanol–water partition coefficient (Wildman–Crippen LogP) is 1.18. The van der Waals surface area contributed by atoms with Gasteiger partial charge in [0.05, 0.1) is 18.3 Å². The van der Waals surface area contributed by atoms with Crippen molar-refractivity contribution in [3.63, 3.8) is 0 Å². The fourth-order valence-corrected chi connectivity index (χ4v) is 1.82. The lowest BCUT2D eigenvalue weighted by atomic mass is 10.3. The SMILES string of the molecule is CCOC(C)CNCc1nnnn1-c1ccccc1. The summed E-state index contributed by atoms with van der Waals surface area (Å²) in [7, 11) is 0. The minimum absolute atomic E-state index is 0.186. The minimum Gasteiger partial charge on any atom is -0.377 e. The summed E-state index contributed by atoms with van der Waals surface area (Å²) in [6.07, 6.45) is 0.186. The Morgan fingerprint density at radius 2 is 2.11 bits per heavy atom. The highest BCUT2D eigenvalue weighted by molar-refractivity contribution is 5.30.